The summed E-state index contributed by atoms with van der Waals surface area (Å²) in [6.07, 6.45) is 5.16. The largest absolute Gasteiger partial charge is 0.350 e. The average Bonchev–Trinajstić information content (AvgIpc) is 3.16. The number of fused-ring (bicyclic) bond motifs is 1. The molecule has 2 heterocycles. The quantitative estimate of drug-likeness (QED) is 0.444. The molecule has 0 amide bonds. The van der Waals surface area contributed by atoms with Gasteiger partial charge >= 0.3 is 0 Å². The summed E-state index contributed by atoms with van der Waals surface area (Å²) in [6.45, 7) is 3.22. The van der Waals surface area contributed by atoms with Gasteiger partial charge in [0.05, 0.1) is 0 Å². The minimum atomic E-state index is 0.267. The molecule has 0 aliphatic carbocycles. The Hall–Kier alpha value is -0.880. The smallest absolute Gasteiger partial charge is 0.166 e. The molecular formula is C17H23IN2O. The second kappa shape index (κ2) is 7.94. The first-order valence-corrected chi connectivity index (χ1v) is 9.59. The number of ketones is 1. The third kappa shape index (κ3) is 3.86. The highest BCUT2D eigenvalue weighted by Gasteiger charge is 2.16. The van der Waals surface area contributed by atoms with Gasteiger partial charge in [-0.25, -0.2) is 0 Å². The number of halogens is 1. The molecule has 1 aromatic carbocycles. The Morgan fingerprint density at radius 1 is 1.19 bits per heavy atom. The Morgan fingerprint density at radius 2 is 1.86 bits per heavy atom. The van der Waals surface area contributed by atoms with Crippen molar-refractivity contribution in [1.29, 1.82) is 0 Å². The third-order valence-corrected chi connectivity index (χ3v) is 4.05. The number of hydrogen-bond acceptors (Lipinski definition) is 2. The van der Waals surface area contributed by atoms with E-state index in [2.05, 4.69) is 33.6 Å². The first-order valence-electron chi connectivity index (χ1n) is 7.43. The van der Waals surface area contributed by atoms with Crippen molar-refractivity contribution in [3.8, 4) is 0 Å². The second-order valence-corrected chi connectivity index (χ2v) is 5.39. The maximum absolute atomic E-state index is 12.4. The molecule has 0 radical (unpaired) electrons. The van der Waals surface area contributed by atoms with Crippen LogP contribution in [-0.2, 0) is 7.05 Å². The summed E-state index contributed by atoms with van der Waals surface area (Å²) in [5.41, 5.74) is 2.00. The third-order valence-electron chi connectivity index (χ3n) is 4.05. The molecule has 1 fully saturated rings. The topological polar surface area (TPSA) is 25.2 Å². The number of para-hydroxylation sites is 1. The number of aryl methyl sites for hydroxylation is 1. The molecule has 114 valence electrons. The van der Waals surface area contributed by atoms with Gasteiger partial charge in [-0.1, -0.05) is 40.8 Å². The van der Waals surface area contributed by atoms with Gasteiger partial charge in [0.1, 0.15) is 0 Å². The van der Waals surface area contributed by atoms with E-state index in [1.165, 1.54) is 12.8 Å². The molecule has 1 saturated heterocycles. The monoisotopic (exact) mass is 398 g/mol. The molecular weight excluding hydrogens is 375 g/mol. The van der Waals surface area contributed by atoms with Crippen molar-refractivity contribution < 1.29 is 4.79 Å². The zero-order valence-electron chi connectivity index (χ0n) is 12.8. The standard InChI is InChI=1S/C16H20N2O.CH3I/c1-17-12-14(13-6-2-3-7-15(13)17)16(19)8-11-18-9-4-5-10-18;1-2/h2-3,6-7,12H,4-5,8-11H2,1H3;1H3. The minimum absolute atomic E-state index is 0.267. The lowest BCUT2D eigenvalue weighted by Gasteiger charge is -2.13. The van der Waals surface area contributed by atoms with E-state index in [-0.39, 0.29) is 5.78 Å². The number of carbonyl (C=O) groups excluding carboxylic acids is 1. The average molecular weight is 398 g/mol. The van der Waals surface area contributed by atoms with E-state index in [1.807, 2.05) is 40.9 Å². The summed E-state index contributed by atoms with van der Waals surface area (Å²) in [5, 5.41) is 1.08. The van der Waals surface area contributed by atoms with Crippen molar-refractivity contribution >= 4 is 39.3 Å². The van der Waals surface area contributed by atoms with Crippen LogP contribution in [0.15, 0.2) is 30.5 Å². The fraction of sp³-hybridized carbons (Fsp3) is 0.471. The van der Waals surface area contributed by atoms with Crippen molar-refractivity contribution in [2.45, 2.75) is 19.3 Å². The summed E-state index contributed by atoms with van der Waals surface area (Å²) in [5.74, 6) is 0.267. The fourth-order valence-corrected chi connectivity index (χ4v) is 2.96. The van der Waals surface area contributed by atoms with Crippen LogP contribution in [-0.4, -0.2) is 39.8 Å². The number of carbonyl (C=O) groups is 1. The summed E-state index contributed by atoms with van der Waals surface area (Å²) in [6, 6.07) is 8.12. The SMILES string of the molecule is CI.Cn1cc(C(=O)CCN2CCCC2)c2ccccc21. The molecule has 4 heteroatoms. The van der Waals surface area contributed by atoms with Crippen LogP contribution in [0.3, 0.4) is 0 Å². The molecule has 0 saturated carbocycles. The van der Waals surface area contributed by atoms with Crippen LogP contribution in [0.5, 0.6) is 0 Å². The van der Waals surface area contributed by atoms with Gasteiger partial charge in [0, 0.05) is 42.7 Å². The molecule has 1 aliphatic heterocycles. The second-order valence-electron chi connectivity index (χ2n) is 5.39. The zero-order chi connectivity index (χ0) is 15.2. The van der Waals surface area contributed by atoms with Gasteiger partial charge in [-0.15, -0.1) is 0 Å². The van der Waals surface area contributed by atoms with Gasteiger partial charge in [-0.05, 0) is 36.9 Å². The minimum Gasteiger partial charge on any atom is -0.350 e. The zero-order valence-corrected chi connectivity index (χ0v) is 15.0. The van der Waals surface area contributed by atoms with Crippen molar-refractivity contribution in [2.75, 3.05) is 24.6 Å². The lowest BCUT2D eigenvalue weighted by molar-refractivity contribution is 0.0970. The number of nitrogens with zero attached hydrogens (tertiary/aromatic N) is 2. The number of rotatable bonds is 4. The molecule has 0 spiro atoms. The fourth-order valence-electron chi connectivity index (χ4n) is 2.96. The van der Waals surface area contributed by atoms with Crippen LogP contribution < -0.4 is 0 Å². The van der Waals surface area contributed by atoms with E-state index in [9.17, 15) is 4.79 Å². The lowest BCUT2D eigenvalue weighted by atomic mass is 10.1. The Morgan fingerprint density at radius 3 is 2.57 bits per heavy atom. The van der Waals surface area contributed by atoms with Crippen LogP contribution in [0, 0.1) is 0 Å². The van der Waals surface area contributed by atoms with Gasteiger partial charge in [-0.3, -0.25) is 4.79 Å². The van der Waals surface area contributed by atoms with E-state index in [4.69, 9.17) is 0 Å². The Balaban J connectivity index is 0.000000774. The van der Waals surface area contributed by atoms with Gasteiger partial charge in [0.15, 0.2) is 5.78 Å². The Kier molecular flexibility index (Phi) is 6.23. The van der Waals surface area contributed by atoms with Gasteiger partial charge in [0.25, 0.3) is 0 Å². The highest BCUT2D eigenvalue weighted by Crippen LogP contribution is 2.21. The number of alkyl halides is 1. The first kappa shape index (κ1) is 16.5. The van der Waals surface area contributed by atoms with Crippen molar-refractivity contribution in [1.82, 2.24) is 9.47 Å². The molecule has 2 aromatic rings. The predicted octanol–water partition coefficient (Wildman–Crippen LogP) is 3.90. The number of benzene rings is 1. The number of Topliss-reactive ketones (excluding diaryl/α,β-unsaturated/α-hetero) is 1. The summed E-state index contributed by atoms with van der Waals surface area (Å²) in [4.78, 5) is 16.8. The Labute approximate surface area is 140 Å². The van der Waals surface area contributed by atoms with Crippen LogP contribution in [0.2, 0.25) is 0 Å². The Bertz CT molecular complexity index is 600. The van der Waals surface area contributed by atoms with Gasteiger partial charge in [0.2, 0.25) is 0 Å². The molecule has 3 rings (SSSR count). The van der Waals surface area contributed by atoms with Crippen LogP contribution in [0.25, 0.3) is 10.9 Å². The van der Waals surface area contributed by atoms with E-state index < -0.39 is 0 Å². The van der Waals surface area contributed by atoms with Crippen LogP contribution in [0.4, 0.5) is 0 Å². The molecule has 1 aromatic heterocycles. The highest BCUT2D eigenvalue weighted by atomic mass is 127. The van der Waals surface area contributed by atoms with E-state index in [0.29, 0.717) is 6.42 Å². The number of hydrogen-bond donors (Lipinski definition) is 0. The van der Waals surface area contributed by atoms with Crippen LogP contribution in [0.1, 0.15) is 29.6 Å². The van der Waals surface area contributed by atoms with E-state index in [1.54, 1.807) is 0 Å². The number of aromatic nitrogens is 1. The molecule has 1 aliphatic rings. The van der Waals surface area contributed by atoms with Crippen molar-refractivity contribution in [3.05, 3.63) is 36.0 Å². The van der Waals surface area contributed by atoms with Gasteiger partial charge in [-0.2, -0.15) is 0 Å². The maximum Gasteiger partial charge on any atom is 0.166 e. The lowest BCUT2D eigenvalue weighted by Crippen LogP contribution is -2.22. The van der Waals surface area contributed by atoms with Gasteiger partial charge < -0.3 is 9.47 Å². The molecule has 0 unspecified atom stereocenters. The summed E-state index contributed by atoms with van der Waals surface area (Å²) in [7, 11) is 2.00. The molecule has 0 atom stereocenters. The first-order chi connectivity index (χ1) is 10.3. The summed E-state index contributed by atoms with van der Waals surface area (Å²) >= 11 is 2.15. The molecule has 3 nitrogen and oxygen atoms in total. The van der Waals surface area contributed by atoms with Crippen LogP contribution >= 0.6 is 22.6 Å². The van der Waals surface area contributed by atoms with Crippen molar-refractivity contribution in [3.63, 3.8) is 0 Å². The van der Waals surface area contributed by atoms with E-state index >= 15 is 0 Å². The predicted molar refractivity (Wildman–Crippen MR) is 97.5 cm³/mol. The van der Waals surface area contributed by atoms with E-state index in [0.717, 1.165) is 36.1 Å². The molecule has 0 N–H and O–H groups in total. The summed E-state index contributed by atoms with van der Waals surface area (Å²) < 4.78 is 2.04. The normalized spacial score (nSPS) is 15.0. The molecule has 0 bridgehead atoms. The molecule has 21 heavy (non-hydrogen) atoms. The highest BCUT2D eigenvalue weighted by molar-refractivity contribution is 14.1. The maximum atomic E-state index is 12.4. The van der Waals surface area contributed by atoms with Crippen molar-refractivity contribution in [2.24, 2.45) is 7.05 Å². The number of likely N-dealkylation sites (tertiary alicyclic amines) is 1.